The van der Waals surface area contributed by atoms with E-state index in [2.05, 4.69) is 20.4 Å². The highest BCUT2D eigenvalue weighted by Gasteiger charge is 2.42. The molecule has 8 heteroatoms. The van der Waals surface area contributed by atoms with Crippen LogP contribution < -0.4 is 5.32 Å². The van der Waals surface area contributed by atoms with Crippen LogP contribution in [0.5, 0.6) is 0 Å². The Morgan fingerprint density at radius 3 is 2.71 bits per heavy atom. The smallest absolute Gasteiger partial charge is 0.194 e. The summed E-state index contributed by atoms with van der Waals surface area (Å²) in [5, 5.41) is 7.29. The molecule has 0 radical (unpaired) electrons. The first-order chi connectivity index (χ1) is 11.5. The third kappa shape index (κ3) is 3.22. The Labute approximate surface area is 139 Å². The molecule has 0 amide bonds. The van der Waals surface area contributed by atoms with Crippen molar-refractivity contribution in [3.63, 3.8) is 0 Å². The Hall–Kier alpha value is -2.51. The summed E-state index contributed by atoms with van der Waals surface area (Å²) >= 11 is 0. The summed E-state index contributed by atoms with van der Waals surface area (Å²) in [4.78, 5) is 10.3. The standard InChI is InChI=1S/C16H20F2N6/c1-19-16(23(2)8-14-20-9-21-24(14)3)22-13-7-10(13)15-11(17)5-4-6-12(15)18/h4-6,9-10,13H,7-8H2,1-3H3,(H,19,22). The lowest BCUT2D eigenvalue weighted by Crippen LogP contribution is -2.40. The van der Waals surface area contributed by atoms with Crippen LogP contribution in [-0.4, -0.2) is 45.8 Å². The number of aromatic nitrogens is 3. The number of guanidine groups is 1. The first-order valence-electron chi connectivity index (χ1n) is 7.72. The molecule has 1 saturated carbocycles. The van der Waals surface area contributed by atoms with Crippen molar-refractivity contribution in [3.05, 3.63) is 47.5 Å². The predicted molar refractivity (Wildman–Crippen MR) is 86.5 cm³/mol. The maximum atomic E-state index is 13.9. The van der Waals surface area contributed by atoms with Gasteiger partial charge in [0.1, 0.15) is 23.8 Å². The summed E-state index contributed by atoms with van der Waals surface area (Å²) in [5.41, 5.74) is 0.154. The van der Waals surface area contributed by atoms with E-state index in [4.69, 9.17) is 0 Å². The molecule has 1 aromatic heterocycles. The predicted octanol–water partition coefficient (Wildman–Crippen LogP) is 1.66. The molecule has 24 heavy (non-hydrogen) atoms. The van der Waals surface area contributed by atoms with E-state index in [0.29, 0.717) is 18.9 Å². The molecule has 1 heterocycles. The molecule has 1 aliphatic carbocycles. The number of halogens is 2. The topological polar surface area (TPSA) is 58.3 Å². The molecule has 0 spiro atoms. The van der Waals surface area contributed by atoms with E-state index in [0.717, 1.165) is 5.82 Å². The SMILES string of the molecule is CN=C(NC1CC1c1c(F)cccc1F)N(C)Cc1ncnn1C. The van der Waals surface area contributed by atoms with Gasteiger partial charge in [-0.15, -0.1) is 0 Å². The molecule has 0 bridgehead atoms. The molecule has 2 unspecified atom stereocenters. The molecular formula is C16H20F2N6. The Bertz CT molecular complexity index is 737. The van der Waals surface area contributed by atoms with Gasteiger partial charge in [0.05, 0.1) is 6.54 Å². The van der Waals surface area contributed by atoms with E-state index in [-0.39, 0.29) is 17.5 Å². The number of aryl methyl sites for hydroxylation is 1. The Morgan fingerprint density at radius 2 is 2.12 bits per heavy atom. The van der Waals surface area contributed by atoms with Crippen molar-refractivity contribution < 1.29 is 8.78 Å². The summed E-state index contributed by atoms with van der Waals surface area (Å²) < 4.78 is 29.4. The second kappa shape index (κ2) is 6.54. The lowest BCUT2D eigenvalue weighted by molar-refractivity contribution is 0.447. The van der Waals surface area contributed by atoms with Crippen LogP contribution >= 0.6 is 0 Å². The van der Waals surface area contributed by atoms with Crippen LogP contribution in [0.25, 0.3) is 0 Å². The van der Waals surface area contributed by atoms with E-state index in [9.17, 15) is 8.78 Å². The minimum atomic E-state index is -0.494. The lowest BCUT2D eigenvalue weighted by Gasteiger charge is -2.21. The van der Waals surface area contributed by atoms with Crippen LogP contribution in [0.15, 0.2) is 29.5 Å². The van der Waals surface area contributed by atoms with Gasteiger partial charge in [-0.05, 0) is 18.6 Å². The molecule has 1 aliphatic rings. The summed E-state index contributed by atoms with van der Waals surface area (Å²) in [7, 11) is 5.38. The van der Waals surface area contributed by atoms with Crippen molar-refractivity contribution >= 4 is 5.96 Å². The maximum absolute atomic E-state index is 13.9. The highest BCUT2D eigenvalue weighted by atomic mass is 19.1. The first-order valence-corrected chi connectivity index (χ1v) is 7.72. The summed E-state index contributed by atoms with van der Waals surface area (Å²) in [6.07, 6.45) is 2.17. The van der Waals surface area contributed by atoms with Gasteiger partial charge >= 0.3 is 0 Å². The van der Waals surface area contributed by atoms with Crippen molar-refractivity contribution in [1.29, 1.82) is 0 Å². The van der Waals surface area contributed by atoms with Crippen molar-refractivity contribution in [2.45, 2.75) is 24.9 Å². The van der Waals surface area contributed by atoms with Crippen LogP contribution in [0.1, 0.15) is 23.7 Å². The summed E-state index contributed by atoms with van der Waals surface area (Å²) in [5.74, 6) is 0.292. The summed E-state index contributed by atoms with van der Waals surface area (Å²) in [6, 6.07) is 3.94. The Kier molecular flexibility index (Phi) is 4.46. The quantitative estimate of drug-likeness (QED) is 0.682. The van der Waals surface area contributed by atoms with Crippen LogP contribution in [0.3, 0.4) is 0 Å². The van der Waals surface area contributed by atoms with Crippen LogP contribution in [0.4, 0.5) is 8.78 Å². The zero-order valence-electron chi connectivity index (χ0n) is 13.9. The number of rotatable bonds is 4. The summed E-state index contributed by atoms with van der Waals surface area (Å²) in [6.45, 7) is 0.529. The molecule has 2 atom stereocenters. The lowest BCUT2D eigenvalue weighted by atomic mass is 10.1. The Balaban J connectivity index is 1.64. The van der Waals surface area contributed by atoms with Gasteiger partial charge in [0.2, 0.25) is 0 Å². The van der Waals surface area contributed by atoms with Gasteiger partial charge in [-0.25, -0.2) is 13.8 Å². The number of aliphatic imine (C=N–C) groups is 1. The fourth-order valence-corrected chi connectivity index (χ4v) is 2.80. The van der Waals surface area contributed by atoms with Gasteiger partial charge in [-0.1, -0.05) is 6.07 Å². The normalized spacial score (nSPS) is 20.1. The molecule has 0 saturated heterocycles. The van der Waals surface area contributed by atoms with E-state index < -0.39 is 11.6 Å². The first kappa shape index (κ1) is 16.4. The van der Waals surface area contributed by atoms with Crippen LogP contribution in [0.2, 0.25) is 0 Å². The fraction of sp³-hybridized carbons (Fsp3) is 0.438. The number of hydrogen-bond acceptors (Lipinski definition) is 3. The fourth-order valence-electron chi connectivity index (χ4n) is 2.80. The highest BCUT2D eigenvalue weighted by Crippen LogP contribution is 2.43. The molecule has 2 aromatic rings. The van der Waals surface area contributed by atoms with Gasteiger partial charge in [-0.2, -0.15) is 5.10 Å². The zero-order valence-corrected chi connectivity index (χ0v) is 13.9. The largest absolute Gasteiger partial charge is 0.353 e. The maximum Gasteiger partial charge on any atom is 0.194 e. The van der Waals surface area contributed by atoms with E-state index in [1.54, 1.807) is 11.7 Å². The molecular weight excluding hydrogens is 314 g/mol. The van der Waals surface area contributed by atoms with Gasteiger partial charge in [0.25, 0.3) is 0 Å². The number of nitrogens with one attached hydrogen (secondary N) is 1. The molecule has 128 valence electrons. The van der Waals surface area contributed by atoms with Gasteiger partial charge in [-0.3, -0.25) is 9.67 Å². The van der Waals surface area contributed by atoms with Crippen LogP contribution in [0, 0.1) is 11.6 Å². The van der Waals surface area contributed by atoms with E-state index in [1.807, 2.05) is 19.0 Å². The molecule has 3 rings (SSSR count). The molecule has 1 fully saturated rings. The minimum absolute atomic E-state index is 0.0305. The van der Waals surface area contributed by atoms with Crippen LogP contribution in [-0.2, 0) is 13.6 Å². The zero-order chi connectivity index (χ0) is 17.3. The monoisotopic (exact) mass is 334 g/mol. The number of benzene rings is 1. The van der Waals surface area contributed by atoms with Crippen molar-refractivity contribution in [2.24, 2.45) is 12.0 Å². The van der Waals surface area contributed by atoms with E-state index >= 15 is 0 Å². The minimum Gasteiger partial charge on any atom is -0.353 e. The molecule has 6 nitrogen and oxygen atoms in total. The highest BCUT2D eigenvalue weighted by molar-refractivity contribution is 5.80. The third-order valence-electron chi connectivity index (χ3n) is 4.23. The van der Waals surface area contributed by atoms with Crippen molar-refractivity contribution in [3.8, 4) is 0 Å². The molecule has 0 aliphatic heterocycles. The molecule has 1 aromatic carbocycles. The van der Waals surface area contributed by atoms with Crippen molar-refractivity contribution in [2.75, 3.05) is 14.1 Å². The van der Waals surface area contributed by atoms with Gasteiger partial charge in [0, 0.05) is 38.7 Å². The average Bonchev–Trinajstić information content (AvgIpc) is 3.18. The van der Waals surface area contributed by atoms with Gasteiger partial charge in [0.15, 0.2) is 5.96 Å². The Morgan fingerprint density at radius 1 is 1.42 bits per heavy atom. The number of nitrogens with zero attached hydrogens (tertiary/aromatic N) is 5. The van der Waals surface area contributed by atoms with E-state index in [1.165, 1.54) is 24.5 Å². The second-order valence-corrected chi connectivity index (χ2v) is 5.93. The second-order valence-electron chi connectivity index (χ2n) is 5.93. The molecule has 1 N–H and O–H groups in total. The van der Waals surface area contributed by atoms with Crippen molar-refractivity contribution in [1.82, 2.24) is 25.0 Å². The van der Waals surface area contributed by atoms with Gasteiger partial charge < -0.3 is 10.2 Å². The number of hydrogen-bond donors (Lipinski definition) is 1. The third-order valence-corrected chi connectivity index (χ3v) is 4.23. The average molecular weight is 334 g/mol.